The van der Waals surface area contributed by atoms with Crippen LogP contribution in [0, 0.1) is 0 Å². The van der Waals surface area contributed by atoms with Crippen molar-refractivity contribution in [1.82, 2.24) is 35.5 Å². The maximum atomic E-state index is 10.6. The van der Waals surface area contributed by atoms with E-state index >= 15 is 0 Å². The molecule has 3 heterocycles. The molecule has 0 radical (unpaired) electrons. The van der Waals surface area contributed by atoms with Crippen molar-refractivity contribution in [2.45, 2.75) is 57.7 Å². The number of benzene rings is 1. The molecule has 3 aromatic rings. The van der Waals surface area contributed by atoms with E-state index < -0.39 is 0 Å². The molecule has 0 amide bonds. The van der Waals surface area contributed by atoms with Gasteiger partial charge >= 0.3 is 6.01 Å². The van der Waals surface area contributed by atoms with Crippen molar-refractivity contribution < 1.29 is 9.84 Å². The second-order valence-electron chi connectivity index (χ2n) is 9.74. The Morgan fingerprint density at radius 2 is 1.71 bits per heavy atom. The summed E-state index contributed by atoms with van der Waals surface area (Å²) in [4.78, 5) is 18.9. The van der Waals surface area contributed by atoms with Crippen LogP contribution < -0.4 is 15.0 Å². The highest BCUT2D eigenvalue weighted by Crippen LogP contribution is 2.33. The maximum Gasteiger partial charge on any atom is 0.319 e. The number of halogens is 2. The second kappa shape index (κ2) is 10.8. The summed E-state index contributed by atoms with van der Waals surface area (Å²) in [5.41, 5.74) is 1.67. The van der Waals surface area contributed by atoms with E-state index in [0.717, 1.165) is 12.8 Å². The molecule has 1 aromatic carbocycles. The van der Waals surface area contributed by atoms with E-state index in [1.165, 1.54) is 13.4 Å². The first kappa shape index (κ1) is 28.4. The molecule has 1 aliphatic heterocycles. The molecule has 0 saturated carbocycles. The highest BCUT2D eigenvalue weighted by Gasteiger charge is 2.39. The number of phenolic OH excluding ortho intramolecular Hbond substituents is 1. The fourth-order valence-electron chi connectivity index (χ4n) is 4.67. The molecule has 0 atom stereocenters. The van der Waals surface area contributed by atoms with E-state index in [-0.39, 0.29) is 53.7 Å². The fraction of sp³-hybridized carbons (Fsp3) is 0.478. The van der Waals surface area contributed by atoms with Crippen molar-refractivity contribution in [2.75, 3.05) is 19.1 Å². The minimum atomic E-state index is 0. The first-order valence-corrected chi connectivity index (χ1v) is 10.9. The zero-order valence-corrected chi connectivity index (χ0v) is 22.3. The molecule has 12 heteroatoms. The van der Waals surface area contributed by atoms with Crippen LogP contribution in [0.25, 0.3) is 22.6 Å². The number of hydrogen-bond acceptors (Lipinski definition) is 10. The summed E-state index contributed by atoms with van der Waals surface area (Å²) in [7, 11) is 3.49. The Balaban J connectivity index is 0.00000216. The van der Waals surface area contributed by atoms with Crippen molar-refractivity contribution in [1.29, 1.82) is 0 Å². The molecule has 0 bridgehead atoms. The third-order valence-electron chi connectivity index (χ3n) is 5.85. The van der Waals surface area contributed by atoms with Crippen LogP contribution >= 0.6 is 24.8 Å². The Kier molecular flexibility index (Phi) is 8.80. The number of piperidine rings is 1. The van der Waals surface area contributed by atoms with Crippen LogP contribution in [-0.2, 0) is 0 Å². The number of ether oxygens (including phenoxy) is 1. The van der Waals surface area contributed by atoms with Gasteiger partial charge in [-0.1, -0.05) is 6.07 Å². The van der Waals surface area contributed by atoms with Crippen LogP contribution in [0.15, 0.2) is 30.7 Å². The average Bonchev–Trinajstić information content (AvgIpc) is 2.76. The van der Waals surface area contributed by atoms with Gasteiger partial charge in [0.05, 0.1) is 13.3 Å². The smallest absolute Gasteiger partial charge is 0.319 e. The van der Waals surface area contributed by atoms with Crippen LogP contribution in [0.3, 0.4) is 0 Å². The third kappa shape index (κ3) is 6.45. The number of methoxy groups -OCH3 is 1. The quantitative estimate of drug-likeness (QED) is 0.512. The molecule has 2 N–H and O–H groups in total. The number of hydrogen-bond donors (Lipinski definition) is 2. The van der Waals surface area contributed by atoms with E-state index in [9.17, 15) is 5.11 Å². The molecule has 4 rings (SSSR count). The minimum absolute atomic E-state index is 0. The predicted octanol–water partition coefficient (Wildman–Crippen LogP) is 3.69. The minimum Gasteiger partial charge on any atom is -0.507 e. The molecule has 0 aliphatic carbocycles. The molecule has 35 heavy (non-hydrogen) atoms. The zero-order chi connectivity index (χ0) is 23.8. The molecule has 0 spiro atoms. The van der Waals surface area contributed by atoms with E-state index in [0.29, 0.717) is 28.6 Å². The summed E-state index contributed by atoms with van der Waals surface area (Å²) in [5.74, 6) is 0.995. The lowest BCUT2D eigenvalue weighted by Gasteiger charge is -2.48. The van der Waals surface area contributed by atoms with Gasteiger partial charge in [-0.15, -0.1) is 35.0 Å². The molecule has 1 aliphatic rings. The first-order chi connectivity index (χ1) is 15.6. The summed E-state index contributed by atoms with van der Waals surface area (Å²) in [6.07, 6.45) is 4.95. The maximum absolute atomic E-state index is 10.6. The fourth-order valence-corrected chi connectivity index (χ4v) is 4.67. The van der Waals surface area contributed by atoms with E-state index in [1.54, 1.807) is 24.4 Å². The lowest BCUT2D eigenvalue weighted by atomic mass is 9.79. The predicted molar refractivity (Wildman–Crippen MR) is 140 cm³/mol. The van der Waals surface area contributed by atoms with Crippen LogP contribution in [-0.4, -0.2) is 66.5 Å². The number of nitrogens with one attached hydrogen (secondary N) is 1. The summed E-state index contributed by atoms with van der Waals surface area (Å²) in [6, 6.07) is 5.61. The highest BCUT2D eigenvalue weighted by molar-refractivity contribution is 5.85. The zero-order valence-electron chi connectivity index (χ0n) is 20.7. The van der Waals surface area contributed by atoms with Gasteiger partial charge in [-0.3, -0.25) is 0 Å². The van der Waals surface area contributed by atoms with Gasteiger partial charge in [-0.25, -0.2) is 9.97 Å². The second-order valence-corrected chi connectivity index (χ2v) is 9.74. The lowest BCUT2D eigenvalue weighted by Crippen LogP contribution is -2.62. The number of rotatable bonds is 5. The van der Waals surface area contributed by atoms with Gasteiger partial charge in [0.15, 0.2) is 5.82 Å². The van der Waals surface area contributed by atoms with E-state index in [2.05, 4.69) is 68.0 Å². The van der Waals surface area contributed by atoms with E-state index in [1.807, 2.05) is 7.05 Å². The van der Waals surface area contributed by atoms with Gasteiger partial charge < -0.3 is 20.1 Å². The third-order valence-corrected chi connectivity index (χ3v) is 5.85. The van der Waals surface area contributed by atoms with Crippen molar-refractivity contribution >= 4 is 30.8 Å². The van der Waals surface area contributed by atoms with Gasteiger partial charge in [0.25, 0.3) is 0 Å². The average molecular weight is 523 g/mol. The number of nitrogens with zero attached hydrogens (tertiary/aromatic N) is 7. The Hall–Kier alpha value is -2.82. The van der Waals surface area contributed by atoms with Gasteiger partial charge in [0.1, 0.15) is 17.8 Å². The Morgan fingerprint density at radius 3 is 2.29 bits per heavy atom. The standard InChI is InChI=1S/C23H30N8O2.2ClH/c1-22(2)10-15(11-23(3,4)30-22)31(5)20-24-12-17(28-29-20)16-8-7-14(9-18(16)32)19-25-13-26-21(27-19)33-6;;/h7-9,12-13,15,30,32H,10-11H2,1-6H3;2*1H. The Labute approximate surface area is 217 Å². The number of anilines is 1. The summed E-state index contributed by atoms with van der Waals surface area (Å²) >= 11 is 0. The van der Waals surface area contributed by atoms with Gasteiger partial charge in [-0.2, -0.15) is 9.97 Å². The first-order valence-electron chi connectivity index (χ1n) is 10.9. The van der Waals surface area contributed by atoms with Gasteiger partial charge in [0, 0.05) is 35.3 Å². The highest BCUT2D eigenvalue weighted by atomic mass is 35.5. The van der Waals surface area contributed by atoms with Crippen molar-refractivity contribution in [2.24, 2.45) is 0 Å². The molecule has 0 unspecified atom stereocenters. The SMILES string of the molecule is COc1ncnc(-c2ccc(-c3cnc(N(C)C4CC(C)(C)NC(C)(C)C4)nn3)c(O)c2)n1.Cl.Cl. The van der Waals surface area contributed by atoms with Crippen molar-refractivity contribution in [3.8, 4) is 34.4 Å². The normalized spacial score (nSPS) is 16.5. The number of phenols is 1. The van der Waals surface area contributed by atoms with Crippen molar-refractivity contribution in [3.05, 3.63) is 30.7 Å². The summed E-state index contributed by atoms with van der Waals surface area (Å²) in [5, 5.41) is 23.0. The molecule has 190 valence electrons. The topological polar surface area (TPSA) is 122 Å². The van der Waals surface area contributed by atoms with E-state index in [4.69, 9.17) is 4.74 Å². The molecule has 10 nitrogen and oxygen atoms in total. The lowest BCUT2D eigenvalue weighted by molar-refractivity contribution is 0.160. The van der Waals surface area contributed by atoms with Crippen LogP contribution in [0.4, 0.5) is 5.95 Å². The monoisotopic (exact) mass is 522 g/mol. The van der Waals surface area contributed by atoms with Crippen LogP contribution in [0.1, 0.15) is 40.5 Å². The number of aromatic hydroxyl groups is 1. The van der Waals surface area contributed by atoms with Crippen LogP contribution in [0.5, 0.6) is 11.8 Å². The molecule has 1 saturated heterocycles. The molecule has 1 fully saturated rings. The van der Waals surface area contributed by atoms with Crippen molar-refractivity contribution in [3.63, 3.8) is 0 Å². The largest absolute Gasteiger partial charge is 0.507 e. The van der Waals surface area contributed by atoms with Crippen LogP contribution in [0.2, 0.25) is 0 Å². The molecule has 2 aromatic heterocycles. The summed E-state index contributed by atoms with van der Waals surface area (Å²) in [6.45, 7) is 8.87. The Bertz CT molecular complexity index is 1130. The van der Waals surface area contributed by atoms with Gasteiger partial charge in [-0.05, 0) is 52.7 Å². The Morgan fingerprint density at radius 1 is 1.03 bits per heavy atom. The summed E-state index contributed by atoms with van der Waals surface area (Å²) < 4.78 is 5.04. The molecular formula is C23H32Cl2N8O2. The number of aromatic nitrogens is 6. The van der Waals surface area contributed by atoms with Gasteiger partial charge in [0.2, 0.25) is 5.95 Å². The molecular weight excluding hydrogens is 491 g/mol.